The number of nitrogens with two attached hydrogens (primary N) is 1. The second kappa shape index (κ2) is 4.96. The van der Waals surface area contributed by atoms with Gasteiger partial charge in [0.2, 0.25) is 5.82 Å². The van der Waals surface area contributed by atoms with Crippen molar-refractivity contribution in [2.45, 2.75) is 0 Å². The third-order valence-corrected chi connectivity index (χ3v) is 2.04. The van der Waals surface area contributed by atoms with Crippen LogP contribution in [-0.4, -0.2) is 15.2 Å². The molecule has 1 rings (SSSR count). The molecule has 1 aromatic heterocycles. The van der Waals surface area contributed by atoms with Gasteiger partial charge in [-0.25, -0.2) is 4.98 Å². The van der Waals surface area contributed by atoms with Crippen molar-refractivity contribution in [3.8, 4) is 11.8 Å². The largest absolute Gasteiger partial charge is 0.378 e. The summed E-state index contributed by atoms with van der Waals surface area (Å²) in [5.41, 5.74) is 5.32. The van der Waals surface area contributed by atoms with Gasteiger partial charge in [0, 0.05) is 6.07 Å². The first-order chi connectivity index (χ1) is 7.06. The monoisotopic (exact) mass is 289 g/mol. The fraction of sp³-hybridized carbons (Fsp3) is 0.125. The zero-order chi connectivity index (χ0) is 11.4. The van der Waals surface area contributed by atoms with Crippen molar-refractivity contribution >= 4 is 39.0 Å². The Balaban J connectivity index is 3.29. The Bertz CT molecular complexity index is 467. The van der Waals surface area contributed by atoms with Crippen molar-refractivity contribution in [3.63, 3.8) is 0 Å². The molecule has 0 unspecified atom stereocenters. The number of alkyl halides is 1. The van der Waals surface area contributed by atoms with Crippen molar-refractivity contribution in [3.05, 3.63) is 26.9 Å². The highest BCUT2D eigenvalue weighted by Gasteiger charge is 2.15. The van der Waals surface area contributed by atoms with E-state index in [4.69, 9.17) is 17.3 Å². The molecule has 7 heteroatoms. The first-order valence-electron chi connectivity index (χ1n) is 3.71. The summed E-state index contributed by atoms with van der Waals surface area (Å²) in [4.78, 5) is 13.5. The van der Waals surface area contributed by atoms with Crippen molar-refractivity contribution in [2.24, 2.45) is 0 Å². The normalized spacial score (nSPS) is 9.20. The molecule has 0 saturated heterocycles. The number of hydrogen-bond acceptors (Lipinski definition) is 4. The maximum atomic E-state index is 10.5. The Labute approximate surface area is 98.9 Å². The lowest BCUT2D eigenvalue weighted by Gasteiger charge is -1.98. The molecule has 0 radical (unpaired) electrons. The summed E-state index contributed by atoms with van der Waals surface area (Å²) in [5, 5.41) is 11.1. The number of anilines is 1. The van der Waals surface area contributed by atoms with Crippen LogP contribution >= 0.6 is 27.5 Å². The molecule has 5 nitrogen and oxygen atoms in total. The smallest absolute Gasteiger partial charge is 0.312 e. The molecule has 0 spiro atoms. The molecule has 0 aromatic carbocycles. The lowest BCUT2D eigenvalue weighted by molar-refractivity contribution is -0.384. The molecular weight excluding hydrogens is 285 g/mol. The van der Waals surface area contributed by atoms with Crippen molar-refractivity contribution in [1.29, 1.82) is 0 Å². The van der Waals surface area contributed by atoms with E-state index >= 15 is 0 Å². The number of halogens is 2. The number of nitrogen functional groups attached to an aromatic ring is 1. The summed E-state index contributed by atoms with van der Waals surface area (Å²) in [6.45, 7) is 0. The highest BCUT2D eigenvalue weighted by atomic mass is 79.9. The average molecular weight is 291 g/mol. The van der Waals surface area contributed by atoms with Gasteiger partial charge in [0.15, 0.2) is 0 Å². The molecule has 0 aliphatic rings. The summed E-state index contributed by atoms with van der Waals surface area (Å²) < 4.78 is 0. The minimum Gasteiger partial charge on any atom is -0.378 e. The molecule has 0 amide bonds. The lowest BCUT2D eigenvalue weighted by Crippen LogP contribution is -2.00. The molecule has 0 bridgehead atoms. The molecule has 0 atom stereocenters. The summed E-state index contributed by atoms with van der Waals surface area (Å²) in [5.74, 6) is 5.09. The standard InChI is InChI=1S/C8H5BrClN3O2/c9-3-1-2-5-4-6(13(14)15)8(11)12-7(5)10/h4H,3H2,(H2,11,12). The zero-order valence-corrected chi connectivity index (χ0v) is 9.67. The maximum absolute atomic E-state index is 10.5. The van der Waals surface area contributed by atoms with Gasteiger partial charge in [-0.05, 0) is 0 Å². The Morgan fingerprint density at radius 3 is 2.93 bits per heavy atom. The van der Waals surface area contributed by atoms with Crippen LogP contribution in [0.1, 0.15) is 5.56 Å². The molecule has 15 heavy (non-hydrogen) atoms. The number of nitrogens with zero attached hydrogens (tertiary/aromatic N) is 2. The quantitative estimate of drug-likeness (QED) is 0.282. The van der Waals surface area contributed by atoms with E-state index in [1.54, 1.807) is 0 Å². The zero-order valence-electron chi connectivity index (χ0n) is 7.33. The van der Waals surface area contributed by atoms with Crippen LogP contribution in [0.15, 0.2) is 6.07 Å². The van der Waals surface area contributed by atoms with Crippen molar-refractivity contribution in [2.75, 3.05) is 11.1 Å². The van der Waals surface area contributed by atoms with Crippen LogP contribution in [0.4, 0.5) is 11.5 Å². The van der Waals surface area contributed by atoms with Crippen LogP contribution in [0.2, 0.25) is 5.15 Å². The third-order valence-electron chi connectivity index (χ3n) is 1.47. The molecule has 0 fully saturated rings. The van der Waals surface area contributed by atoms with Gasteiger partial charge in [-0.2, -0.15) is 0 Å². The number of aromatic nitrogens is 1. The van der Waals surface area contributed by atoms with E-state index in [0.29, 0.717) is 5.33 Å². The van der Waals surface area contributed by atoms with Crippen molar-refractivity contribution in [1.82, 2.24) is 4.98 Å². The molecule has 1 aromatic rings. The molecule has 0 saturated carbocycles. The topological polar surface area (TPSA) is 82.0 Å². The predicted molar refractivity (Wildman–Crippen MR) is 61.0 cm³/mol. The first kappa shape index (κ1) is 11.8. The predicted octanol–water partition coefficient (Wildman–Crippen LogP) is 1.97. The van der Waals surface area contributed by atoms with Gasteiger partial charge in [0.1, 0.15) is 5.15 Å². The number of nitro groups is 1. The third kappa shape index (κ3) is 2.81. The fourth-order valence-electron chi connectivity index (χ4n) is 0.856. The Morgan fingerprint density at radius 1 is 1.73 bits per heavy atom. The van der Waals surface area contributed by atoms with Crippen LogP contribution < -0.4 is 5.73 Å². The van der Waals surface area contributed by atoms with E-state index in [0.717, 1.165) is 0 Å². The second-order valence-corrected chi connectivity index (χ2v) is 3.34. The molecule has 1 heterocycles. The number of pyridine rings is 1. The van der Waals surface area contributed by atoms with E-state index in [-0.39, 0.29) is 22.2 Å². The fourth-order valence-corrected chi connectivity index (χ4v) is 1.19. The Hall–Kier alpha value is -1.32. The number of hydrogen-bond donors (Lipinski definition) is 1. The van der Waals surface area contributed by atoms with Gasteiger partial charge in [0.25, 0.3) is 0 Å². The van der Waals surface area contributed by atoms with Crippen LogP contribution in [-0.2, 0) is 0 Å². The van der Waals surface area contributed by atoms with Gasteiger partial charge in [-0.3, -0.25) is 10.1 Å². The van der Waals surface area contributed by atoms with Gasteiger partial charge < -0.3 is 5.73 Å². The van der Waals surface area contributed by atoms with Gasteiger partial charge in [-0.1, -0.05) is 39.4 Å². The Morgan fingerprint density at radius 2 is 2.40 bits per heavy atom. The summed E-state index contributed by atoms with van der Waals surface area (Å²) >= 11 is 8.81. The minimum atomic E-state index is -0.627. The molecule has 2 N–H and O–H groups in total. The first-order valence-corrected chi connectivity index (χ1v) is 5.21. The summed E-state index contributed by atoms with van der Waals surface area (Å²) in [6.07, 6.45) is 0. The van der Waals surface area contributed by atoms with Crippen LogP contribution in [0.25, 0.3) is 0 Å². The van der Waals surface area contributed by atoms with E-state index in [1.807, 2.05) is 0 Å². The summed E-state index contributed by atoms with van der Waals surface area (Å²) in [7, 11) is 0. The molecule has 78 valence electrons. The van der Waals surface area contributed by atoms with Crippen molar-refractivity contribution < 1.29 is 4.92 Å². The highest BCUT2D eigenvalue weighted by Crippen LogP contribution is 2.24. The van der Waals surface area contributed by atoms with E-state index < -0.39 is 4.92 Å². The van der Waals surface area contributed by atoms with Crippen LogP contribution in [0.3, 0.4) is 0 Å². The van der Waals surface area contributed by atoms with E-state index in [1.165, 1.54) is 6.07 Å². The highest BCUT2D eigenvalue weighted by molar-refractivity contribution is 9.09. The average Bonchev–Trinajstić information content (AvgIpc) is 2.16. The van der Waals surface area contributed by atoms with Gasteiger partial charge >= 0.3 is 5.69 Å². The molecule has 0 aliphatic carbocycles. The second-order valence-electron chi connectivity index (χ2n) is 2.42. The van der Waals surface area contributed by atoms with Crippen LogP contribution in [0.5, 0.6) is 0 Å². The lowest BCUT2D eigenvalue weighted by atomic mass is 10.2. The number of rotatable bonds is 1. The maximum Gasteiger partial charge on any atom is 0.312 e. The molecule has 0 aliphatic heterocycles. The SMILES string of the molecule is Nc1nc(Cl)c(C#CCBr)cc1[N+](=O)[O-]. The van der Waals surface area contributed by atoms with Gasteiger partial charge in [-0.15, -0.1) is 0 Å². The van der Waals surface area contributed by atoms with Crippen LogP contribution in [0, 0.1) is 22.0 Å². The van der Waals surface area contributed by atoms with Gasteiger partial charge in [0.05, 0.1) is 15.8 Å². The summed E-state index contributed by atoms with van der Waals surface area (Å²) in [6, 6.07) is 1.21. The minimum absolute atomic E-state index is 0.0616. The Kier molecular flexibility index (Phi) is 3.88. The van der Waals surface area contributed by atoms with E-state index in [9.17, 15) is 10.1 Å². The van der Waals surface area contributed by atoms with E-state index in [2.05, 4.69) is 32.8 Å². The molecular formula is C8H5BrClN3O2.